The van der Waals surface area contributed by atoms with E-state index in [0.717, 1.165) is 30.6 Å². The normalized spacial score (nSPS) is 52.7. The molecule has 0 saturated heterocycles. The zero-order valence-electron chi connectivity index (χ0n) is 22.0. The summed E-state index contributed by atoms with van der Waals surface area (Å²) in [5, 5.41) is 21.0. The molecule has 5 rings (SSSR count). The van der Waals surface area contributed by atoms with Crippen molar-refractivity contribution in [1.82, 2.24) is 0 Å². The highest BCUT2D eigenvalue weighted by molar-refractivity contribution is 5.30. The summed E-state index contributed by atoms with van der Waals surface area (Å²) >= 11 is 0. The Balaban J connectivity index is 1.40. The van der Waals surface area contributed by atoms with E-state index in [1.165, 1.54) is 51.4 Å². The van der Waals surface area contributed by atoms with Gasteiger partial charge in [0.1, 0.15) is 0 Å². The lowest BCUT2D eigenvalue weighted by atomic mass is 9.42. The summed E-state index contributed by atoms with van der Waals surface area (Å²) in [6, 6.07) is 0. The Bertz CT molecular complexity index is 791. The van der Waals surface area contributed by atoms with Gasteiger partial charge < -0.3 is 10.2 Å². The minimum absolute atomic E-state index is 0.0897. The molecular formula is C30H50O2. The van der Waals surface area contributed by atoms with Gasteiger partial charge in [0.05, 0.1) is 11.7 Å². The van der Waals surface area contributed by atoms with Gasteiger partial charge in [0.2, 0.25) is 0 Å². The first-order chi connectivity index (χ1) is 14.7. The van der Waals surface area contributed by atoms with E-state index in [2.05, 4.69) is 46.8 Å². The molecule has 2 nitrogen and oxygen atoms in total. The number of aliphatic hydroxyl groups is 2. The van der Waals surface area contributed by atoms with Crippen LogP contribution in [0, 0.1) is 50.7 Å². The fraction of sp³-hybridized carbons (Fsp3) is 0.933. The molecule has 2 N–H and O–H groups in total. The molecule has 0 bridgehead atoms. The topological polar surface area (TPSA) is 40.5 Å². The third kappa shape index (κ3) is 2.84. The Hall–Kier alpha value is -0.340. The van der Waals surface area contributed by atoms with Gasteiger partial charge in [-0.2, -0.15) is 0 Å². The van der Waals surface area contributed by atoms with Crippen molar-refractivity contribution in [3.05, 3.63) is 12.2 Å². The second-order valence-corrected chi connectivity index (χ2v) is 14.8. The average molecular weight is 443 g/mol. The zero-order valence-corrected chi connectivity index (χ0v) is 22.0. The van der Waals surface area contributed by atoms with E-state index in [-0.39, 0.29) is 11.5 Å². The minimum atomic E-state index is -0.609. The number of hydrogen-bond donors (Lipinski definition) is 2. The smallest absolute Gasteiger partial charge is 0.0626 e. The van der Waals surface area contributed by atoms with Gasteiger partial charge >= 0.3 is 0 Å². The highest BCUT2D eigenvalue weighted by Crippen LogP contribution is 2.89. The van der Waals surface area contributed by atoms with Gasteiger partial charge in [0.25, 0.3) is 0 Å². The maximum absolute atomic E-state index is 10.8. The highest BCUT2D eigenvalue weighted by Gasteiger charge is 2.82. The SMILES string of the molecule is C[C@H](/C=C/CC(C)(C)O)[C@H]1CC[C@@]2(C)[C@@H]3CCC4C(C)(C)[C@@H](O)CC[C@@]45C[C@@]35CC[C@]12C. The summed E-state index contributed by atoms with van der Waals surface area (Å²) in [5.41, 5.74) is 1.49. The van der Waals surface area contributed by atoms with Gasteiger partial charge in [-0.1, -0.05) is 46.8 Å². The summed E-state index contributed by atoms with van der Waals surface area (Å²) in [5.74, 6) is 2.96. The summed E-state index contributed by atoms with van der Waals surface area (Å²) < 4.78 is 0. The first kappa shape index (κ1) is 23.4. The standard InChI is InChI=1S/C30H50O2/c1-20(9-8-14-25(2,3)32)21-12-15-28(7)23-11-10-22-26(4,5)24(31)13-16-29(22)19-30(23,29)18-17-27(21,28)6/h8-9,20-24,31-32H,10-19H2,1-7H3/b9-8+/t20-,21-,22?,23+,24+,27-,28+,29-,30+/m1/s1. The lowest BCUT2D eigenvalue weighted by Crippen LogP contribution is -2.57. The van der Waals surface area contributed by atoms with E-state index in [4.69, 9.17) is 0 Å². The van der Waals surface area contributed by atoms with Gasteiger partial charge in [0.15, 0.2) is 0 Å². The summed E-state index contributed by atoms with van der Waals surface area (Å²) in [7, 11) is 0. The first-order valence-electron chi connectivity index (χ1n) is 13.8. The third-order valence-corrected chi connectivity index (χ3v) is 12.8. The fourth-order valence-electron chi connectivity index (χ4n) is 10.9. The quantitative estimate of drug-likeness (QED) is 0.454. The molecule has 0 aliphatic heterocycles. The van der Waals surface area contributed by atoms with E-state index < -0.39 is 5.60 Å². The minimum Gasteiger partial charge on any atom is -0.393 e. The second kappa shape index (κ2) is 6.87. The molecule has 0 amide bonds. The molecule has 0 heterocycles. The van der Waals surface area contributed by atoms with Gasteiger partial charge in [-0.15, -0.1) is 0 Å². The average Bonchev–Trinajstić information content (AvgIpc) is 3.27. The van der Waals surface area contributed by atoms with Crippen molar-refractivity contribution in [1.29, 1.82) is 0 Å². The van der Waals surface area contributed by atoms with Crippen LogP contribution in [0.2, 0.25) is 0 Å². The van der Waals surface area contributed by atoms with Crippen molar-refractivity contribution in [2.24, 2.45) is 50.7 Å². The van der Waals surface area contributed by atoms with E-state index in [9.17, 15) is 10.2 Å². The molecule has 5 fully saturated rings. The molecule has 5 aliphatic carbocycles. The summed E-state index contributed by atoms with van der Waals surface area (Å²) in [6.45, 7) is 16.4. The molecule has 5 saturated carbocycles. The molecule has 2 spiro atoms. The fourth-order valence-corrected chi connectivity index (χ4v) is 10.9. The van der Waals surface area contributed by atoms with Crippen LogP contribution in [0.1, 0.15) is 113 Å². The van der Waals surface area contributed by atoms with Crippen LogP contribution in [-0.4, -0.2) is 21.9 Å². The molecule has 0 radical (unpaired) electrons. The first-order valence-corrected chi connectivity index (χ1v) is 13.8. The number of fused-ring (bicyclic) bond motifs is 2. The van der Waals surface area contributed by atoms with Crippen LogP contribution in [-0.2, 0) is 0 Å². The van der Waals surface area contributed by atoms with Crippen LogP contribution in [0.25, 0.3) is 0 Å². The predicted octanol–water partition coefficient (Wildman–Crippen LogP) is 7.14. The maximum Gasteiger partial charge on any atom is 0.0626 e. The summed E-state index contributed by atoms with van der Waals surface area (Å²) in [6.07, 6.45) is 17.4. The van der Waals surface area contributed by atoms with E-state index in [1.807, 2.05) is 13.8 Å². The van der Waals surface area contributed by atoms with Crippen molar-refractivity contribution in [3.63, 3.8) is 0 Å². The summed E-state index contributed by atoms with van der Waals surface area (Å²) in [4.78, 5) is 0. The molecule has 9 atom stereocenters. The molecule has 182 valence electrons. The van der Waals surface area contributed by atoms with E-state index in [1.54, 1.807) is 0 Å². The van der Waals surface area contributed by atoms with Crippen LogP contribution in [0.4, 0.5) is 0 Å². The zero-order chi connectivity index (χ0) is 23.4. The van der Waals surface area contributed by atoms with Gasteiger partial charge in [0, 0.05) is 0 Å². The molecule has 32 heavy (non-hydrogen) atoms. The number of hydrogen-bond acceptors (Lipinski definition) is 2. The Morgan fingerprint density at radius 1 is 0.875 bits per heavy atom. The number of aliphatic hydroxyl groups excluding tert-OH is 1. The van der Waals surface area contributed by atoms with E-state index >= 15 is 0 Å². The molecular weight excluding hydrogens is 392 g/mol. The second-order valence-electron chi connectivity index (χ2n) is 14.8. The van der Waals surface area contributed by atoms with Crippen molar-refractivity contribution < 1.29 is 10.2 Å². The Kier molecular flexibility index (Phi) is 5.02. The monoisotopic (exact) mass is 442 g/mol. The number of allylic oxidation sites excluding steroid dienone is 1. The van der Waals surface area contributed by atoms with Crippen molar-refractivity contribution in [3.8, 4) is 0 Å². The van der Waals surface area contributed by atoms with Crippen molar-refractivity contribution >= 4 is 0 Å². The highest BCUT2D eigenvalue weighted by atomic mass is 16.3. The van der Waals surface area contributed by atoms with Crippen LogP contribution in [0.5, 0.6) is 0 Å². The molecule has 0 aromatic rings. The van der Waals surface area contributed by atoms with Crippen molar-refractivity contribution in [2.75, 3.05) is 0 Å². The Morgan fingerprint density at radius 3 is 2.22 bits per heavy atom. The molecule has 5 aliphatic rings. The van der Waals surface area contributed by atoms with Crippen LogP contribution < -0.4 is 0 Å². The van der Waals surface area contributed by atoms with E-state index in [0.29, 0.717) is 27.6 Å². The number of rotatable bonds is 4. The third-order valence-electron chi connectivity index (χ3n) is 12.8. The predicted molar refractivity (Wildman–Crippen MR) is 132 cm³/mol. The Labute approximate surface area is 197 Å². The molecule has 2 heteroatoms. The lowest BCUT2D eigenvalue weighted by Gasteiger charge is -2.63. The van der Waals surface area contributed by atoms with Crippen LogP contribution in [0.3, 0.4) is 0 Å². The van der Waals surface area contributed by atoms with Gasteiger partial charge in [-0.05, 0) is 129 Å². The Morgan fingerprint density at radius 2 is 1.53 bits per heavy atom. The molecule has 1 unspecified atom stereocenters. The molecule has 0 aromatic carbocycles. The van der Waals surface area contributed by atoms with Gasteiger partial charge in [-0.25, -0.2) is 0 Å². The van der Waals surface area contributed by atoms with Gasteiger partial charge in [-0.3, -0.25) is 0 Å². The lowest BCUT2D eigenvalue weighted by molar-refractivity contribution is -0.160. The van der Waals surface area contributed by atoms with Crippen molar-refractivity contribution in [2.45, 2.75) is 124 Å². The maximum atomic E-state index is 10.8. The van der Waals surface area contributed by atoms with Crippen LogP contribution >= 0.6 is 0 Å². The largest absolute Gasteiger partial charge is 0.393 e. The molecule has 0 aromatic heterocycles. The van der Waals surface area contributed by atoms with Crippen LogP contribution in [0.15, 0.2) is 12.2 Å².